The summed E-state index contributed by atoms with van der Waals surface area (Å²) in [6.45, 7) is 0. The molecule has 0 aliphatic rings. The Kier molecular flexibility index (Phi) is 6.52. The van der Waals surface area contributed by atoms with Crippen LogP contribution in [0.25, 0.3) is 0 Å². The number of hydrogen-bond acceptors (Lipinski definition) is 9. The first kappa shape index (κ1) is 18.2. The van der Waals surface area contributed by atoms with E-state index in [9.17, 15) is 19.7 Å². The van der Waals surface area contributed by atoms with Crippen LogP contribution >= 0.6 is 34.9 Å². The maximum absolute atomic E-state index is 11.9. The summed E-state index contributed by atoms with van der Waals surface area (Å²) in [5.74, 6) is -1.02. The summed E-state index contributed by atoms with van der Waals surface area (Å²) < 4.78 is 1.45. The molecule has 2 rings (SSSR count). The molecular formula is C12H11N5O4S3. The predicted molar refractivity (Wildman–Crippen MR) is 91.1 cm³/mol. The maximum atomic E-state index is 11.9. The number of nitro groups is 1. The van der Waals surface area contributed by atoms with Gasteiger partial charge >= 0.3 is 0 Å². The van der Waals surface area contributed by atoms with Crippen molar-refractivity contribution in [1.82, 2.24) is 21.0 Å². The third-order valence-corrected chi connectivity index (χ3v) is 5.56. The van der Waals surface area contributed by atoms with Gasteiger partial charge in [-0.25, -0.2) is 0 Å². The van der Waals surface area contributed by atoms with Crippen molar-refractivity contribution < 1.29 is 14.5 Å². The molecule has 24 heavy (non-hydrogen) atoms. The Morgan fingerprint density at radius 2 is 2.04 bits per heavy atom. The molecule has 0 saturated heterocycles. The molecule has 12 heteroatoms. The quantitative estimate of drug-likeness (QED) is 0.437. The topological polar surface area (TPSA) is 127 Å². The summed E-state index contributed by atoms with van der Waals surface area (Å²) in [5.41, 5.74) is 4.32. The van der Waals surface area contributed by atoms with Crippen LogP contribution in [-0.4, -0.2) is 38.9 Å². The molecule has 1 aromatic heterocycles. The van der Waals surface area contributed by atoms with Crippen LogP contribution in [0.5, 0.6) is 0 Å². The summed E-state index contributed by atoms with van der Waals surface area (Å²) in [6, 6.07) is 5.20. The first-order valence-corrected chi connectivity index (χ1v) is 9.36. The zero-order valence-corrected chi connectivity index (χ0v) is 14.7. The molecule has 1 heterocycles. The molecule has 9 nitrogen and oxygen atoms in total. The molecule has 0 fully saturated rings. The van der Waals surface area contributed by atoms with Crippen LogP contribution in [0.15, 0.2) is 32.9 Å². The molecular weight excluding hydrogens is 374 g/mol. The highest BCUT2D eigenvalue weighted by Crippen LogP contribution is 2.26. The van der Waals surface area contributed by atoms with Gasteiger partial charge in [0.05, 0.1) is 10.7 Å². The van der Waals surface area contributed by atoms with Crippen LogP contribution in [0.2, 0.25) is 0 Å². The average Bonchev–Trinajstić information content (AvgIpc) is 3.06. The Morgan fingerprint density at radius 1 is 1.29 bits per heavy atom. The summed E-state index contributed by atoms with van der Waals surface area (Å²) in [4.78, 5) is 33.6. The third-order valence-electron chi connectivity index (χ3n) is 2.52. The molecule has 0 atom stereocenters. The number of aromatic nitrogens is 2. The molecule has 0 aliphatic heterocycles. The summed E-state index contributed by atoms with van der Waals surface area (Å²) >= 11 is 4.04. The number of carbonyl (C=O) groups excluding carboxylic acids is 2. The second-order valence-electron chi connectivity index (χ2n) is 4.14. The number of nitrogens with zero attached hydrogens (tertiary/aromatic N) is 3. The summed E-state index contributed by atoms with van der Waals surface area (Å²) in [6.07, 6.45) is 1.88. The zero-order valence-electron chi connectivity index (χ0n) is 12.2. The lowest BCUT2D eigenvalue weighted by molar-refractivity contribution is -0.384. The number of nitrogens with one attached hydrogen (secondary N) is 2. The summed E-state index contributed by atoms with van der Waals surface area (Å²) in [5, 5.41) is 18.5. The number of hydrazine groups is 1. The number of nitro benzene ring substituents is 1. The Morgan fingerprint density at radius 3 is 2.71 bits per heavy atom. The predicted octanol–water partition coefficient (Wildman–Crippen LogP) is 1.72. The molecule has 0 saturated carbocycles. The van der Waals surface area contributed by atoms with Crippen LogP contribution in [0.1, 0.15) is 10.4 Å². The first-order valence-electron chi connectivity index (χ1n) is 6.33. The largest absolute Gasteiger partial charge is 0.272 e. The number of rotatable bonds is 6. The molecule has 2 aromatic rings. The van der Waals surface area contributed by atoms with Crippen LogP contribution in [-0.2, 0) is 4.79 Å². The van der Waals surface area contributed by atoms with Gasteiger partial charge in [-0.3, -0.25) is 30.6 Å². The van der Waals surface area contributed by atoms with E-state index in [1.807, 2.05) is 6.26 Å². The highest BCUT2D eigenvalue weighted by atomic mass is 32.2. The van der Waals surface area contributed by atoms with E-state index in [4.69, 9.17) is 0 Å². The average molecular weight is 385 g/mol. The van der Waals surface area contributed by atoms with Crippen LogP contribution in [0, 0.1) is 10.1 Å². The van der Waals surface area contributed by atoms with Gasteiger partial charge in [-0.15, -0.1) is 10.2 Å². The van der Waals surface area contributed by atoms with E-state index in [2.05, 4.69) is 21.0 Å². The molecule has 2 N–H and O–H groups in total. The molecule has 0 radical (unpaired) electrons. The smallest absolute Gasteiger partial charge is 0.270 e. The zero-order chi connectivity index (χ0) is 17.5. The van der Waals surface area contributed by atoms with E-state index in [-0.39, 0.29) is 17.0 Å². The van der Waals surface area contributed by atoms with E-state index >= 15 is 0 Å². The molecule has 0 unspecified atom stereocenters. The molecule has 2 amide bonds. The number of non-ortho nitro benzene ring substituents is 1. The number of amides is 2. The minimum atomic E-state index is -0.641. The molecule has 0 bridgehead atoms. The lowest BCUT2D eigenvalue weighted by atomic mass is 10.2. The van der Waals surface area contributed by atoms with E-state index in [1.54, 1.807) is 0 Å². The second-order valence-corrected chi connectivity index (χ2v) is 7.39. The monoisotopic (exact) mass is 385 g/mol. The normalized spacial score (nSPS) is 10.2. The van der Waals surface area contributed by atoms with Gasteiger partial charge in [0.15, 0.2) is 8.68 Å². The van der Waals surface area contributed by atoms with Crippen molar-refractivity contribution in [3.05, 3.63) is 39.9 Å². The van der Waals surface area contributed by atoms with Gasteiger partial charge in [0, 0.05) is 17.7 Å². The van der Waals surface area contributed by atoms with Crippen LogP contribution in [0.4, 0.5) is 5.69 Å². The molecule has 0 spiro atoms. The molecule has 0 aliphatic carbocycles. The SMILES string of the molecule is CSc1nnc(SCC(=O)NNC(=O)c2cccc([N+](=O)[O-])c2)s1. The van der Waals surface area contributed by atoms with Crippen molar-refractivity contribution in [2.75, 3.05) is 12.0 Å². The van der Waals surface area contributed by atoms with Crippen molar-refractivity contribution in [3.8, 4) is 0 Å². The minimum Gasteiger partial charge on any atom is -0.272 e. The van der Waals surface area contributed by atoms with Crippen molar-refractivity contribution in [2.45, 2.75) is 8.68 Å². The fourth-order valence-corrected chi connectivity index (χ4v) is 3.70. The standard InChI is InChI=1S/C12H11N5O4S3/c1-22-11-15-16-12(24-11)23-6-9(18)13-14-10(19)7-3-2-4-8(5-7)17(20)21/h2-5H,6H2,1H3,(H,13,18)(H,14,19). The van der Waals surface area contributed by atoms with E-state index in [0.717, 1.165) is 10.4 Å². The van der Waals surface area contributed by atoms with Gasteiger partial charge in [-0.05, 0) is 12.3 Å². The highest BCUT2D eigenvalue weighted by Gasteiger charge is 2.13. The van der Waals surface area contributed by atoms with Gasteiger partial charge in [0.25, 0.3) is 11.6 Å². The third kappa shape index (κ3) is 5.18. The van der Waals surface area contributed by atoms with Crippen LogP contribution in [0.3, 0.4) is 0 Å². The Bertz CT molecular complexity index is 767. The van der Waals surface area contributed by atoms with Gasteiger partial charge in [0.2, 0.25) is 5.91 Å². The van der Waals surface area contributed by atoms with E-state index in [0.29, 0.717) is 4.34 Å². The molecule has 1 aromatic carbocycles. The Labute approximate surface area is 148 Å². The van der Waals surface area contributed by atoms with Crippen molar-refractivity contribution >= 4 is 52.4 Å². The highest BCUT2D eigenvalue weighted by molar-refractivity contribution is 8.03. The van der Waals surface area contributed by atoms with Crippen LogP contribution < -0.4 is 10.9 Å². The summed E-state index contributed by atoms with van der Waals surface area (Å²) in [7, 11) is 0. The lowest BCUT2D eigenvalue weighted by Crippen LogP contribution is -2.42. The number of benzene rings is 1. The lowest BCUT2D eigenvalue weighted by Gasteiger charge is -2.06. The fraction of sp³-hybridized carbons (Fsp3) is 0.167. The maximum Gasteiger partial charge on any atom is 0.270 e. The van der Waals surface area contributed by atoms with E-state index in [1.165, 1.54) is 53.1 Å². The van der Waals surface area contributed by atoms with E-state index < -0.39 is 16.7 Å². The number of carbonyl (C=O) groups is 2. The Hall–Kier alpha value is -2.18. The number of thioether (sulfide) groups is 2. The van der Waals surface area contributed by atoms with Crippen molar-refractivity contribution in [2.24, 2.45) is 0 Å². The van der Waals surface area contributed by atoms with Gasteiger partial charge < -0.3 is 0 Å². The van der Waals surface area contributed by atoms with Gasteiger partial charge in [-0.1, -0.05) is 40.9 Å². The van der Waals surface area contributed by atoms with Crippen molar-refractivity contribution in [1.29, 1.82) is 0 Å². The molecule has 126 valence electrons. The van der Waals surface area contributed by atoms with Crippen molar-refractivity contribution in [3.63, 3.8) is 0 Å². The first-order chi connectivity index (χ1) is 11.5. The fourth-order valence-electron chi connectivity index (χ4n) is 1.46. The second kappa shape index (κ2) is 8.61. The minimum absolute atomic E-state index is 0.0538. The van der Waals surface area contributed by atoms with Gasteiger partial charge in [-0.2, -0.15) is 0 Å². The Balaban J connectivity index is 1.81. The van der Waals surface area contributed by atoms with Gasteiger partial charge in [0.1, 0.15) is 0 Å². The number of hydrogen-bond donors (Lipinski definition) is 2.